The summed E-state index contributed by atoms with van der Waals surface area (Å²) in [6, 6.07) is 7.76. The van der Waals surface area contributed by atoms with E-state index in [1.54, 1.807) is 0 Å². The van der Waals surface area contributed by atoms with Gasteiger partial charge in [-0.2, -0.15) is 0 Å². The molecule has 1 unspecified atom stereocenters. The Balaban J connectivity index is 1.76. The van der Waals surface area contributed by atoms with Crippen LogP contribution in [0.5, 0.6) is 5.75 Å². The largest absolute Gasteiger partial charge is 0.494 e. The number of hydrogen-bond acceptors (Lipinski definition) is 4. The first-order valence-electron chi connectivity index (χ1n) is 7.42. The highest BCUT2D eigenvalue weighted by molar-refractivity contribution is 8.15. The van der Waals surface area contributed by atoms with Gasteiger partial charge in [0, 0.05) is 0 Å². The van der Waals surface area contributed by atoms with Gasteiger partial charge in [-0.05, 0) is 30.5 Å². The molecule has 1 N–H and O–H groups in total. The quantitative estimate of drug-likeness (QED) is 0.746. The summed E-state index contributed by atoms with van der Waals surface area (Å²) in [5.41, 5.74) is 1.04. The van der Waals surface area contributed by atoms with E-state index in [1.807, 2.05) is 24.3 Å². The maximum atomic E-state index is 11.5. The highest BCUT2D eigenvalue weighted by Crippen LogP contribution is 2.23. The highest BCUT2D eigenvalue weighted by Gasteiger charge is 2.31. The normalized spacial score (nSPS) is 17.9. The first kappa shape index (κ1) is 15.9. The molecule has 1 heterocycles. The summed E-state index contributed by atoms with van der Waals surface area (Å²) >= 11 is 1.06. The minimum atomic E-state index is -0.307. The number of thioether (sulfide) groups is 1. The summed E-state index contributed by atoms with van der Waals surface area (Å²) in [4.78, 5) is 22.6. The second-order valence-electron chi connectivity index (χ2n) is 5.14. The zero-order valence-electron chi connectivity index (χ0n) is 12.3. The predicted octanol–water partition coefficient (Wildman–Crippen LogP) is 3.54. The van der Waals surface area contributed by atoms with E-state index in [0.29, 0.717) is 6.42 Å². The zero-order chi connectivity index (χ0) is 15.1. The number of unbranched alkanes of at least 4 members (excludes halogenated alkanes) is 3. The molecule has 0 radical (unpaired) electrons. The van der Waals surface area contributed by atoms with Crippen LogP contribution in [0.15, 0.2) is 24.3 Å². The molecule has 0 spiro atoms. The topological polar surface area (TPSA) is 55.4 Å². The van der Waals surface area contributed by atoms with Gasteiger partial charge in [-0.1, -0.05) is 50.1 Å². The molecule has 0 saturated carbocycles. The molecule has 21 heavy (non-hydrogen) atoms. The molecule has 1 fully saturated rings. The van der Waals surface area contributed by atoms with Crippen molar-refractivity contribution in [3.63, 3.8) is 0 Å². The number of nitrogens with one attached hydrogen (secondary N) is 1. The van der Waals surface area contributed by atoms with E-state index < -0.39 is 0 Å². The van der Waals surface area contributed by atoms with Crippen LogP contribution in [0.4, 0.5) is 4.79 Å². The number of carbonyl (C=O) groups is 2. The second-order valence-corrected chi connectivity index (χ2v) is 6.32. The Morgan fingerprint density at radius 2 is 1.90 bits per heavy atom. The molecule has 1 saturated heterocycles. The first-order valence-corrected chi connectivity index (χ1v) is 8.30. The predicted molar refractivity (Wildman–Crippen MR) is 84.7 cm³/mol. The number of rotatable bonds is 8. The molecule has 5 heteroatoms. The Labute approximate surface area is 129 Å². The lowest BCUT2D eigenvalue weighted by atomic mass is 10.1. The average molecular weight is 307 g/mol. The van der Waals surface area contributed by atoms with E-state index in [-0.39, 0.29) is 16.4 Å². The lowest BCUT2D eigenvalue weighted by molar-refractivity contribution is -0.118. The van der Waals surface area contributed by atoms with Crippen molar-refractivity contribution >= 4 is 22.9 Å². The summed E-state index contributed by atoms with van der Waals surface area (Å²) in [6.45, 7) is 2.94. The van der Waals surface area contributed by atoms with Gasteiger partial charge in [0.05, 0.1) is 11.9 Å². The van der Waals surface area contributed by atoms with Gasteiger partial charge in [0.15, 0.2) is 0 Å². The lowest BCUT2D eigenvalue weighted by Crippen LogP contribution is -2.25. The van der Waals surface area contributed by atoms with Crippen molar-refractivity contribution in [3.05, 3.63) is 29.8 Å². The van der Waals surface area contributed by atoms with Gasteiger partial charge in [-0.15, -0.1) is 0 Å². The van der Waals surface area contributed by atoms with E-state index in [4.69, 9.17) is 4.74 Å². The van der Waals surface area contributed by atoms with Crippen molar-refractivity contribution in [2.75, 3.05) is 6.61 Å². The number of ether oxygens (including phenoxy) is 1. The van der Waals surface area contributed by atoms with Crippen molar-refractivity contribution in [2.45, 2.75) is 44.3 Å². The molecule has 4 nitrogen and oxygen atoms in total. The van der Waals surface area contributed by atoms with Crippen LogP contribution in [0.3, 0.4) is 0 Å². The fraction of sp³-hybridized carbons (Fsp3) is 0.500. The average Bonchev–Trinajstić information content (AvgIpc) is 2.78. The van der Waals surface area contributed by atoms with Crippen LogP contribution in [0.1, 0.15) is 38.2 Å². The summed E-state index contributed by atoms with van der Waals surface area (Å²) in [5, 5.41) is 1.74. The Bertz CT molecular complexity index is 487. The molecule has 1 aromatic carbocycles. The number of imide groups is 1. The molecule has 1 aliphatic rings. The molecular formula is C16H21NO3S. The van der Waals surface area contributed by atoms with Crippen molar-refractivity contribution in [3.8, 4) is 5.75 Å². The molecule has 114 valence electrons. The maximum absolute atomic E-state index is 11.5. The Hall–Kier alpha value is -1.49. The molecule has 0 bridgehead atoms. The Kier molecular flexibility index (Phi) is 6.11. The van der Waals surface area contributed by atoms with E-state index >= 15 is 0 Å². The SMILES string of the molecule is CCCCCCOc1ccc(CC2SC(=O)NC2=O)cc1. The molecule has 1 atom stereocenters. The van der Waals surface area contributed by atoms with Crippen LogP contribution in [0.2, 0.25) is 0 Å². The van der Waals surface area contributed by atoms with Gasteiger partial charge >= 0.3 is 0 Å². The van der Waals surface area contributed by atoms with Crippen LogP contribution in [-0.2, 0) is 11.2 Å². The van der Waals surface area contributed by atoms with Crippen LogP contribution in [0.25, 0.3) is 0 Å². The van der Waals surface area contributed by atoms with Crippen LogP contribution < -0.4 is 10.1 Å². The minimum absolute atomic E-state index is 0.193. The molecular weight excluding hydrogens is 286 g/mol. The van der Waals surface area contributed by atoms with Gasteiger partial charge in [-0.3, -0.25) is 14.9 Å². The van der Waals surface area contributed by atoms with Gasteiger partial charge in [-0.25, -0.2) is 0 Å². The third kappa shape index (κ3) is 5.08. The summed E-state index contributed by atoms with van der Waals surface area (Å²) < 4.78 is 5.68. The third-order valence-electron chi connectivity index (χ3n) is 3.38. The first-order chi connectivity index (χ1) is 10.2. The van der Waals surface area contributed by atoms with Crippen molar-refractivity contribution in [1.82, 2.24) is 5.32 Å². The van der Waals surface area contributed by atoms with Gasteiger partial charge in [0.2, 0.25) is 5.91 Å². The molecule has 1 aliphatic heterocycles. The zero-order valence-corrected chi connectivity index (χ0v) is 13.1. The second kappa shape index (κ2) is 8.08. The van der Waals surface area contributed by atoms with E-state index in [1.165, 1.54) is 19.3 Å². The van der Waals surface area contributed by atoms with E-state index in [2.05, 4.69) is 12.2 Å². The summed E-state index contributed by atoms with van der Waals surface area (Å²) in [6.07, 6.45) is 5.33. The Morgan fingerprint density at radius 1 is 1.14 bits per heavy atom. The lowest BCUT2D eigenvalue weighted by Gasteiger charge is -2.08. The molecule has 0 aromatic heterocycles. The van der Waals surface area contributed by atoms with E-state index in [0.717, 1.165) is 36.1 Å². The fourth-order valence-corrected chi connectivity index (χ4v) is 3.04. The van der Waals surface area contributed by atoms with Gasteiger partial charge in [0.1, 0.15) is 5.75 Å². The van der Waals surface area contributed by atoms with Crippen LogP contribution >= 0.6 is 11.8 Å². The van der Waals surface area contributed by atoms with Gasteiger partial charge < -0.3 is 4.74 Å². The summed E-state index contributed by atoms with van der Waals surface area (Å²) in [5.74, 6) is 0.663. The highest BCUT2D eigenvalue weighted by atomic mass is 32.2. The monoisotopic (exact) mass is 307 g/mol. The van der Waals surface area contributed by atoms with E-state index in [9.17, 15) is 9.59 Å². The maximum Gasteiger partial charge on any atom is 0.286 e. The van der Waals surface area contributed by atoms with Crippen LogP contribution in [0, 0.1) is 0 Å². The van der Waals surface area contributed by atoms with Crippen LogP contribution in [-0.4, -0.2) is 23.0 Å². The fourth-order valence-electron chi connectivity index (χ4n) is 2.18. The van der Waals surface area contributed by atoms with Crippen molar-refractivity contribution in [2.24, 2.45) is 0 Å². The van der Waals surface area contributed by atoms with Crippen molar-refractivity contribution < 1.29 is 14.3 Å². The summed E-state index contributed by atoms with van der Waals surface area (Å²) in [7, 11) is 0. The van der Waals surface area contributed by atoms with Gasteiger partial charge in [0.25, 0.3) is 5.24 Å². The smallest absolute Gasteiger partial charge is 0.286 e. The molecule has 1 aromatic rings. The number of hydrogen-bond donors (Lipinski definition) is 1. The number of amides is 2. The minimum Gasteiger partial charge on any atom is -0.494 e. The number of benzene rings is 1. The third-order valence-corrected chi connectivity index (χ3v) is 4.36. The standard InChI is InChI=1S/C16H21NO3S/c1-2-3-4-5-10-20-13-8-6-12(7-9-13)11-14-15(18)17-16(19)21-14/h6-9,14H,2-5,10-11H2,1H3,(H,17,18,19). The molecule has 2 amide bonds. The molecule has 0 aliphatic carbocycles. The Morgan fingerprint density at radius 3 is 2.52 bits per heavy atom. The molecule has 2 rings (SSSR count). The van der Waals surface area contributed by atoms with Crippen molar-refractivity contribution in [1.29, 1.82) is 0 Å². The number of carbonyl (C=O) groups excluding carboxylic acids is 2.